The van der Waals surface area contributed by atoms with Gasteiger partial charge in [-0.1, -0.05) is 60.7 Å². The van der Waals surface area contributed by atoms with Gasteiger partial charge in [0.25, 0.3) is 6.47 Å². The predicted molar refractivity (Wildman–Crippen MR) is 131 cm³/mol. The maximum absolute atomic E-state index is 11.9. The number of aromatic nitrogens is 1. The van der Waals surface area contributed by atoms with Gasteiger partial charge in [0.15, 0.2) is 6.29 Å². The van der Waals surface area contributed by atoms with E-state index >= 15 is 0 Å². The summed E-state index contributed by atoms with van der Waals surface area (Å²) in [5.74, 6) is -0.137. The third-order valence-corrected chi connectivity index (χ3v) is 5.73. The van der Waals surface area contributed by atoms with Crippen molar-refractivity contribution in [2.45, 2.75) is 32.1 Å². The first-order valence-electron chi connectivity index (χ1n) is 10.3. The number of carboxylic acid groups (broad SMARTS) is 1. The van der Waals surface area contributed by atoms with Gasteiger partial charge >= 0.3 is 10.1 Å². The lowest BCUT2D eigenvalue weighted by atomic mass is 9.95. The molecule has 0 aliphatic rings. The first kappa shape index (κ1) is 28.5. The number of hydrogen-bond donors (Lipinski definition) is 2. The molecule has 0 radical (unpaired) electrons. The van der Waals surface area contributed by atoms with E-state index in [9.17, 15) is 13.2 Å². The third kappa shape index (κ3) is 10.4. The van der Waals surface area contributed by atoms with E-state index in [0.717, 1.165) is 0 Å². The van der Waals surface area contributed by atoms with Gasteiger partial charge < -0.3 is 14.6 Å². The summed E-state index contributed by atoms with van der Waals surface area (Å²) in [4.78, 5) is 23.0. The molecule has 2 N–H and O–H groups in total. The van der Waals surface area contributed by atoms with Gasteiger partial charge in [-0.3, -0.25) is 14.6 Å². The van der Waals surface area contributed by atoms with Gasteiger partial charge in [0.05, 0.1) is 0 Å². The second kappa shape index (κ2) is 13.9. The normalized spacial score (nSPS) is 10.6. The quantitative estimate of drug-likeness (QED) is 0.380. The van der Waals surface area contributed by atoms with Gasteiger partial charge in [0.1, 0.15) is 17.2 Å². The molecule has 0 atom stereocenters. The van der Waals surface area contributed by atoms with E-state index in [-0.39, 0.29) is 29.2 Å². The lowest BCUT2D eigenvalue weighted by Gasteiger charge is -2.24. The fraction of sp³-hybridized carbons (Fsp3) is 0.240. The Labute approximate surface area is 200 Å². The highest BCUT2D eigenvalue weighted by Gasteiger charge is 2.16. The van der Waals surface area contributed by atoms with Crippen molar-refractivity contribution < 1.29 is 27.3 Å². The third-order valence-electron chi connectivity index (χ3n) is 4.60. The fourth-order valence-corrected chi connectivity index (χ4v) is 3.77. The smallest absolute Gasteiger partial charge is 0.313 e. The first-order chi connectivity index (χ1) is 16.1. The van der Waals surface area contributed by atoms with Crippen LogP contribution >= 0.6 is 0 Å². The number of pyridine rings is 1. The summed E-state index contributed by atoms with van der Waals surface area (Å²) in [7, 11) is -1.79. The van der Waals surface area contributed by atoms with Crippen molar-refractivity contribution in [3.8, 4) is 5.75 Å². The largest absolute Gasteiger partial charge is 0.483 e. The summed E-state index contributed by atoms with van der Waals surface area (Å²) >= 11 is 0. The van der Waals surface area contributed by atoms with Gasteiger partial charge in [-0.05, 0) is 38.9 Å². The monoisotopic (exact) mass is 486 g/mol. The van der Waals surface area contributed by atoms with Crippen LogP contribution in [0.2, 0.25) is 0 Å². The van der Waals surface area contributed by atoms with Gasteiger partial charge in [0.2, 0.25) is 0 Å². The van der Waals surface area contributed by atoms with E-state index in [2.05, 4.69) is 48.4 Å². The van der Waals surface area contributed by atoms with Crippen LogP contribution in [-0.2, 0) is 26.2 Å². The molecule has 0 saturated heterocycles. The maximum Gasteiger partial charge on any atom is 0.313 e. The number of carbonyl (C=O) groups is 2. The van der Waals surface area contributed by atoms with E-state index in [1.54, 1.807) is 37.3 Å². The zero-order valence-corrected chi connectivity index (χ0v) is 20.5. The van der Waals surface area contributed by atoms with Crippen LogP contribution < -0.4 is 9.50 Å². The van der Waals surface area contributed by atoms with E-state index in [0.29, 0.717) is 17.5 Å². The number of aryl methyl sites for hydroxylation is 1. The van der Waals surface area contributed by atoms with Gasteiger partial charge in [-0.25, -0.2) is 0 Å². The molecule has 2 aromatic carbocycles. The molecular formula is C25H30N2O6S. The van der Waals surface area contributed by atoms with Crippen LogP contribution in [0.4, 0.5) is 0 Å². The van der Waals surface area contributed by atoms with E-state index in [1.165, 1.54) is 17.7 Å². The number of rotatable bonds is 7. The van der Waals surface area contributed by atoms with Crippen molar-refractivity contribution in [3.05, 3.63) is 95.3 Å². The van der Waals surface area contributed by atoms with Gasteiger partial charge in [-0.2, -0.15) is 8.42 Å². The van der Waals surface area contributed by atoms with Crippen molar-refractivity contribution in [2.24, 2.45) is 0 Å². The molecule has 0 aliphatic heterocycles. The molecule has 0 amide bonds. The molecule has 0 saturated carbocycles. The molecular weight excluding hydrogens is 456 g/mol. The number of nitrogens with zero attached hydrogens (tertiary/aromatic N) is 1. The molecule has 1 aromatic heterocycles. The molecule has 3 aromatic rings. The van der Waals surface area contributed by atoms with Crippen LogP contribution in [0.25, 0.3) is 0 Å². The van der Waals surface area contributed by atoms with Crippen LogP contribution in [0.3, 0.4) is 0 Å². The van der Waals surface area contributed by atoms with Crippen molar-refractivity contribution in [2.75, 3.05) is 7.05 Å². The molecule has 0 aliphatic carbocycles. The Bertz CT molecular complexity index is 1130. The van der Waals surface area contributed by atoms with Crippen molar-refractivity contribution in [1.29, 1.82) is 0 Å². The van der Waals surface area contributed by atoms with Gasteiger partial charge in [-0.15, -0.1) is 0 Å². The minimum atomic E-state index is -3.77. The van der Waals surface area contributed by atoms with E-state index in [4.69, 9.17) is 14.1 Å². The summed E-state index contributed by atoms with van der Waals surface area (Å²) in [6, 6.07) is 21.9. The van der Waals surface area contributed by atoms with Crippen LogP contribution in [-0.4, -0.2) is 38.3 Å². The molecule has 1 heterocycles. The molecule has 3 rings (SSSR count). The topological polar surface area (TPSA) is 123 Å². The zero-order chi connectivity index (χ0) is 25.6. The lowest BCUT2D eigenvalue weighted by molar-refractivity contribution is -0.122. The Morgan fingerprint density at radius 2 is 1.53 bits per heavy atom. The Morgan fingerprint density at radius 1 is 1.00 bits per heavy atom. The Morgan fingerprint density at radius 3 is 2.03 bits per heavy atom. The molecule has 0 bridgehead atoms. The fourth-order valence-electron chi connectivity index (χ4n) is 2.72. The SMILES string of the molecule is CNC(C)(C)c1ccccc1.Cc1cc(OS(=O)(=O)Cc2ccccc2)cc(C=O)n1.O=CO. The standard InChI is InChI=1S/C14H13NO4S.C10H15N.CH2O2/c1-11-7-14(8-13(9-16)15-11)19-20(17,18)10-12-5-3-2-4-6-12;1-10(2,11-3)9-7-5-4-6-8-9;2-1-3/h2-9H,10H2,1H3;4-8,11H,1-3H3;1H,(H,2,3). The van der Waals surface area contributed by atoms with Gasteiger partial charge in [0, 0.05) is 23.4 Å². The van der Waals surface area contributed by atoms with Crippen molar-refractivity contribution in [1.82, 2.24) is 10.3 Å². The number of aldehydes is 1. The second-order valence-corrected chi connectivity index (χ2v) is 9.18. The lowest BCUT2D eigenvalue weighted by Crippen LogP contribution is -2.32. The van der Waals surface area contributed by atoms with Crippen LogP contribution in [0.15, 0.2) is 72.8 Å². The summed E-state index contributed by atoms with van der Waals surface area (Å²) in [5.41, 5.74) is 2.69. The van der Waals surface area contributed by atoms with E-state index < -0.39 is 10.1 Å². The minimum Gasteiger partial charge on any atom is -0.483 e. The number of benzene rings is 2. The average Bonchev–Trinajstić information content (AvgIpc) is 2.80. The molecule has 0 unspecified atom stereocenters. The highest BCUT2D eigenvalue weighted by molar-refractivity contribution is 7.86. The molecule has 34 heavy (non-hydrogen) atoms. The van der Waals surface area contributed by atoms with Crippen LogP contribution in [0.5, 0.6) is 5.75 Å². The molecule has 9 heteroatoms. The maximum atomic E-state index is 11.9. The van der Waals surface area contributed by atoms with Crippen molar-refractivity contribution >= 4 is 22.9 Å². The van der Waals surface area contributed by atoms with Crippen LogP contribution in [0, 0.1) is 6.92 Å². The van der Waals surface area contributed by atoms with Crippen LogP contribution in [0.1, 0.15) is 41.2 Å². The zero-order valence-electron chi connectivity index (χ0n) is 19.6. The molecule has 182 valence electrons. The Kier molecular flexibility index (Phi) is 11.6. The summed E-state index contributed by atoms with van der Waals surface area (Å²) in [5, 5.41) is 10.1. The predicted octanol–water partition coefficient (Wildman–Crippen LogP) is 3.95. The number of carbonyl (C=O) groups excluding carboxylic acids is 1. The first-order valence-corrected chi connectivity index (χ1v) is 11.9. The highest BCUT2D eigenvalue weighted by atomic mass is 32.2. The number of nitrogens with one attached hydrogen (secondary N) is 1. The molecule has 8 nitrogen and oxygen atoms in total. The Balaban J connectivity index is 0.000000347. The second-order valence-electron chi connectivity index (χ2n) is 7.60. The average molecular weight is 487 g/mol. The highest BCUT2D eigenvalue weighted by Crippen LogP contribution is 2.18. The van der Waals surface area contributed by atoms with Crippen molar-refractivity contribution in [3.63, 3.8) is 0 Å². The number of hydrogen-bond acceptors (Lipinski definition) is 7. The summed E-state index contributed by atoms with van der Waals surface area (Å²) < 4.78 is 28.9. The summed E-state index contributed by atoms with van der Waals surface area (Å²) in [6.45, 7) is 5.74. The minimum absolute atomic E-state index is 0.0846. The van der Waals surface area contributed by atoms with E-state index in [1.807, 2.05) is 13.1 Å². The summed E-state index contributed by atoms with van der Waals surface area (Å²) in [6.07, 6.45) is 0.545. The Hall–Kier alpha value is -3.56. The molecule has 0 fully saturated rings. The molecule has 0 spiro atoms.